The van der Waals surface area contributed by atoms with Gasteiger partial charge in [0.1, 0.15) is 5.82 Å². The molecule has 120 valence electrons. The maximum atomic E-state index is 4.55. The molecule has 0 aliphatic heterocycles. The highest BCUT2D eigenvalue weighted by atomic mass is 15.5. The van der Waals surface area contributed by atoms with Gasteiger partial charge < -0.3 is 0 Å². The zero-order chi connectivity index (χ0) is 17.0. The van der Waals surface area contributed by atoms with Crippen LogP contribution in [0.5, 0.6) is 0 Å². The molecule has 0 unspecified atom stereocenters. The van der Waals surface area contributed by atoms with Crippen molar-refractivity contribution in [3.8, 4) is 0 Å². The van der Waals surface area contributed by atoms with Gasteiger partial charge in [0.25, 0.3) is 0 Å². The quantitative estimate of drug-likeness (QED) is 0.443. The van der Waals surface area contributed by atoms with Crippen LogP contribution in [0.25, 0.3) is 33.3 Å². The molecule has 0 aliphatic rings. The van der Waals surface area contributed by atoms with Crippen LogP contribution in [-0.2, 0) is 0 Å². The summed E-state index contributed by atoms with van der Waals surface area (Å²) in [7, 11) is 0. The molecule has 0 radical (unpaired) electrons. The molecule has 4 nitrogen and oxygen atoms in total. The second-order valence-electron chi connectivity index (χ2n) is 6.35. The smallest absolute Gasteiger partial charge is 0.185 e. The van der Waals surface area contributed by atoms with E-state index < -0.39 is 0 Å². The Bertz CT molecular complexity index is 1260. The fourth-order valence-electron chi connectivity index (χ4n) is 3.52. The monoisotopic (exact) mass is 324 g/mol. The summed E-state index contributed by atoms with van der Waals surface area (Å²) in [4.78, 5) is 4.55. The molecule has 5 rings (SSSR count). The topological polar surface area (TPSA) is 43.1 Å². The van der Waals surface area contributed by atoms with Crippen LogP contribution in [-0.4, -0.2) is 19.8 Å². The van der Waals surface area contributed by atoms with Gasteiger partial charge in [-0.2, -0.15) is 5.10 Å². The summed E-state index contributed by atoms with van der Waals surface area (Å²) < 4.78 is 1.63. The fourth-order valence-corrected chi connectivity index (χ4v) is 3.52. The first-order valence-corrected chi connectivity index (χ1v) is 8.33. The Morgan fingerprint density at radius 2 is 1.48 bits per heavy atom. The molecule has 0 saturated heterocycles. The Morgan fingerprint density at radius 3 is 2.16 bits per heavy atom. The van der Waals surface area contributed by atoms with Crippen LogP contribution >= 0.6 is 0 Å². The minimum Gasteiger partial charge on any atom is -0.210 e. The molecule has 2 aromatic heterocycles. The Hall–Kier alpha value is -3.27. The summed E-state index contributed by atoms with van der Waals surface area (Å²) in [5.41, 5.74) is 2.95. The van der Waals surface area contributed by atoms with Crippen molar-refractivity contribution in [3.05, 3.63) is 76.9 Å². The van der Waals surface area contributed by atoms with Gasteiger partial charge >= 0.3 is 0 Å². The van der Waals surface area contributed by atoms with Gasteiger partial charge in [0.2, 0.25) is 0 Å². The summed E-state index contributed by atoms with van der Waals surface area (Å²) in [6, 6.07) is 19.2. The van der Waals surface area contributed by atoms with E-state index in [1.807, 2.05) is 13.8 Å². The summed E-state index contributed by atoms with van der Waals surface area (Å²) in [5.74, 6) is 0.736. The van der Waals surface area contributed by atoms with Crippen molar-refractivity contribution in [2.24, 2.45) is 0 Å². The number of rotatable bonds is 1. The second-order valence-corrected chi connectivity index (χ2v) is 6.35. The highest BCUT2D eigenvalue weighted by molar-refractivity contribution is 6.06. The summed E-state index contributed by atoms with van der Waals surface area (Å²) in [5, 5.41) is 14.8. The first-order chi connectivity index (χ1) is 12.2. The van der Waals surface area contributed by atoms with Crippen molar-refractivity contribution >= 4 is 33.3 Å². The van der Waals surface area contributed by atoms with Gasteiger partial charge in [-0.25, -0.2) is 4.98 Å². The van der Waals surface area contributed by atoms with Gasteiger partial charge in [0.15, 0.2) is 5.65 Å². The molecule has 3 aromatic carbocycles. The van der Waals surface area contributed by atoms with E-state index in [4.69, 9.17) is 0 Å². The first-order valence-electron chi connectivity index (χ1n) is 8.33. The van der Waals surface area contributed by atoms with Gasteiger partial charge in [-0.3, -0.25) is 0 Å². The fraction of sp³-hybridized carbons (Fsp3) is 0.0952. The zero-order valence-corrected chi connectivity index (χ0v) is 14.1. The normalized spacial score (nSPS) is 12.6. The average molecular weight is 324 g/mol. The van der Waals surface area contributed by atoms with E-state index in [1.165, 1.54) is 27.1 Å². The highest BCUT2D eigenvalue weighted by Crippen LogP contribution is 2.29. The highest BCUT2D eigenvalue weighted by Gasteiger charge is 2.10. The molecule has 0 aliphatic carbocycles. The molecule has 0 N–H and O–H groups in total. The van der Waals surface area contributed by atoms with Crippen molar-refractivity contribution in [3.63, 3.8) is 0 Å². The third-order valence-electron chi connectivity index (χ3n) is 4.67. The lowest BCUT2D eigenvalue weighted by molar-refractivity contribution is 0.793. The predicted molar refractivity (Wildman–Crippen MR) is 100 cm³/mol. The van der Waals surface area contributed by atoms with E-state index in [0.29, 0.717) is 0 Å². The van der Waals surface area contributed by atoms with Crippen LogP contribution in [0.2, 0.25) is 0 Å². The van der Waals surface area contributed by atoms with Crippen LogP contribution in [0, 0.1) is 13.8 Å². The maximum Gasteiger partial charge on any atom is 0.185 e. The number of aryl methyl sites for hydroxylation is 2. The number of hydrogen-bond acceptors (Lipinski definition) is 3. The number of aromatic nitrogens is 4. The molecule has 0 atom stereocenters. The van der Waals surface area contributed by atoms with Crippen LogP contribution in [0.4, 0.5) is 0 Å². The van der Waals surface area contributed by atoms with Crippen LogP contribution in [0.3, 0.4) is 0 Å². The SMILES string of the molecule is Cc1nc2/c(=C/c3c4ccccc4cc4ccccc34)c(C)nn2n1. The van der Waals surface area contributed by atoms with Crippen molar-refractivity contribution in [2.75, 3.05) is 0 Å². The number of benzene rings is 3. The van der Waals surface area contributed by atoms with Gasteiger partial charge in [0.05, 0.1) is 5.69 Å². The van der Waals surface area contributed by atoms with E-state index in [-0.39, 0.29) is 0 Å². The Morgan fingerprint density at radius 1 is 0.840 bits per heavy atom. The summed E-state index contributed by atoms with van der Waals surface area (Å²) in [6.45, 7) is 3.89. The lowest BCUT2D eigenvalue weighted by Gasteiger charge is -2.08. The van der Waals surface area contributed by atoms with Gasteiger partial charge in [-0.15, -0.1) is 9.73 Å². The zero-order valence-electron chi connectivity index (χ0n) is 14.1. The molecule has 25 heavy (non-hydrogen) atoms. The van der Waals surface area contributed by atoms with E-state index in [1.54, 1.807) is 4.63 Å². The van der Waals surface area contributed by atoms with Crippen molar-refractivity contribution in [1.29, 1.82) is 0 Å². The molecule has 0 saturated carbocycles. The van der Waals surface area contributed by atoms with Crippen molar-refractivity contribution in [2.45, 2.75) is 13.8 Å². The van der Waals surface area contributed by atoms with Gasteiger partial charge in [-0.1, -0.05) is 48.5 Å². The van der Waals surface area contributed by atoms with E-state index in [2.05, 4.69) is 75.9 Å². The number of fused-ring (bicyclic) bond motifs is 3. The van der Waals surface area contributed by atoms with E-state index in [9.17, 15) is 0 Å². The number of hydrogen-bond donors (Lipinski definition) is 0. The molecule has 2 heterocycles. The Labute approximate surface area is 144 Å². The maximum absolute atomic E-state index is 4.55. The molecular formula is C21H16N4. The molecular weight excluding hydrogens is 308 g/mol. The summed E-state index contributed by atoms with van der Waals surface area (Å²) >= 11 is 0. The standard InChI is InChI=1S/C21H16N4/c1-13-19(21-22-14(2)24-25(21)23-13)12-20-17-9-5-3-7-15(17)11-16-8-4-6-10-18(16)20/h3-12H,1-2H3/b19-12+. The van der Waals surface area contributed by atoms with Crippen LogP contribution in [0.15, 0.2) is 54.6 Å². The molecule has 0 spiro atoms. The third-order valence-corrected chi connectivity index (χ3v) is 4.67. The van der Waals surface area contributed by atoms with Crippen LogP contribution < -0.4 is 5.22 Å². The third kappa shape index (κ3) is 2.11. The van der Waals surface area contributed by atoms with Gasteiger partial charge in [-0.05, 0) is 53.1 Å². The molecule has 0 fully saturated rings. The molecule has 0 bridgehead atoms. The van der Waals surface area contributed by atoms with Crippen molar-refractivity contribution in [1.82, 2.24) is 19.8 Å². The van der Waals surface area contributed by atoms with E-state index in [0.717, 1.165) is 22.4 Å². The average Bonchev–Trinajstić information content (AvgIpc) is 3.10. The lowest BCUT2D eigenvalue weighted by atomic mass is 9.96. The molecule has 5 aromatic rings. The predicted octanol–water partition coefficient (Wildman–Crippen LogP) is 3.60. The molecule has 0 amide bonds. The van der Waals surface area contributed by atoms with Crippen molar-refractivity contribution < 1.29 is 0 Å². The largest absolute Gasteiger partial charge is 0.210 e. The second kappa shape index (κ2) is 5.11. The molecule has 4 heteroatoms. The number of nitrogens with zero attached hydrogens (tertiary/aromatic N) is 4. The minimum atomic E-state index is 0.736. The minimum absolute atomic E-state index is 0.736. The Kier molecular flexibility index (Phi) is 2.88. The van der Waals surface area contributed by atoms with E-state index >= 15 is 0 Å². The first kappa shape index (κ1) is 14.1. The Balaban J connectivity index is 1.97. The summed E-state index contributed by atoms with van der Waals surface area (Å²) in [6.07, 6.45) is 2.20. The lowest BCUT2D eigenvalue weighted by Crippen LogP contribution is -2.04. The van der Waals surface area contributed by atoms with Gasteiger partial charge in [0, 0.05) is 5.22 Å². The van der Waals surface area contributed by atoms with Crippen LogP contribution in [0.1, 0.15) is 17.1 Å².